The number of carbonyl (C=O) groups is 1. The number of pyridine rings is 1. The third kappa shape index (κ3) is 4.08. The second kappa shape index (κ2) is 6.14. The van der Waals surface area contributed by atoms with Crippen molar-refractivity contribution in [1.29, 1.82) is 0 Å². The van der Waals surface area contributed by atoms with Gasteiger partial charge >= 0.3 is 0 Å². The molecule has 0 saturated carbocycles. The highest BCUT2D eigenvalue weighted by molar-refractivity contribution is 5.76. The largest absolute Gasteiger partial charge is 0.348 e. The van der Waals surface area contributed by atoms with Crippen molar-refractivity contribution >= 4 is 5.91 Å². The van der Waals surface area contributed by atoms with Gasteiger partial charge in [0.25, 0.3) is 0 Å². The van der Waals surface area contributed by atoms with Crippen LogP contribution in [0.2, 0.25) is 0 Å². The number of nitrogens with two attached hydrogens (primary N) is 1. The molecule has 1 amide bonds. The van der Waals surface area contributed by atoms with Crippen LogP contribution in [0, 0.1) is 0 Å². The van der Waals surface area contributed by atoms with E-state index in [9.17, 15) is 4.79 Å². The van der Waals surface area contributed by atoms with Gasteiger partial charge in [0.1, 0.15) is 0 Å². The number of nitrogens with one attached hydrogen (secondary N) is 1. The van der Waals surface area contributed by atoms with Crippen LogP contribution in [-0.2, 0) is 4.79 Å². The molecule has 1 atom stereocenters. The van der Waals surface area contributed by atoms with Crippen LogP contribution in [0.25, 0.3) is 0 Å². The van der Waals surface area contributed by atoms with Gasteiger partial charge in [-0.3, -0.25) is 9.78 Å². The molecular formula is C11H17N3O. The van der Waals surface area contributed by atoms with E-state index < -0.39 is 0 Å². The van der Waals surface area contributed by atoms with E-state index in [1.54, 1.807) is 6.20 Å². The van der Waals surface area contributed by atoms with Gasteiger partial charge in [0.05, 0.1) is 11.7 Å². The minimum absolute atomic E-state index is 0.0265. The van der Waals surface area contributed by atoms with E-state index in [-0.39, 0.29) is 11.9 Å². The van der Waals surface area contributed by atoms with E-state index >= 15 is 0 Å². The number of hydrogen-bond donors (Lipinski definition) is 2. The molecular weight excluding hydrogens is 190 g/mol. The highest BCUT2D eigenvalue weighted by Gasteiger charge is 2.09. The van der Waals surface area contributed by atoms with E-state index in [0.717, 1.165) is 12.1 Å². The summed E-state index contributed by atoms with van der Waals surface area (Å²) in [5, 5.41) is 2.87. The van der Waals surface area contributed by atoms with Crippen LogP contribution in [0.4, 0.5) is 0 Å². The molecule has 1 heterocycles. The normalized spacial score (nSPS) is 12.1. The third-order valence-electron chi connectivity index (χ3n) is 2.12. The molecule has 15 heavy (non-hydrogen) atoms. The van der Waals surface area contributed by atoms with Crippen molar-refractivity contribution in [2.45, 2.75) is 25.8 Å². The Morgan fingerprint density at radius 1 is 1.60 bits per heavy atom. The summed E-state index contributed by atoms with van der Waals surface area (Å²) in [7, 11) is 0. The second-order valence-electron chi connectivity index (χ2n) is 3.44. The van der Waals surface area contributed by atoms with Crippen LogP contribution in [0.1, 0.15) is 31.5 Å². The predicted molar refractivity (Wildman–Crippen MR) is 59.1 cm³/mol. The van der Waals surface area contributed by atoms with Gasteiger partial charge in [-0.1, -0.05) is 6.07 Å². The molecule has 0 bridgehead atoms. The molecule has 0 radical (unpaired) electrons. The summed E-state index contributed by atoms with van der Waals surface area (Å²) in [5.41, 5.74) is 6.20. The van der Waals surface area contributed by atoms with E-state index in [0.29, 0.717) is 13.0 Å². The second-order valence-corrected chi connectivity index (χ2v) is 3.44. The van der Waals surface area contributed by atoms with E-state index in [1.165, 1.54) is 0 Å². The standard InChI is InChI=1S/C11H17N3O/c1-9(10-5-2-3-8-13-10)14-11(15)6-4-7-12/h2-3,5,8-9H,4,6-7,12H2,1H3,(H,14,15)/t9-/m1/s1. The lowest BCUT2D eigenvalue weighted by molar-refractivity contribution is -0.121. The predicted octanol–water partition coefficient (Wildman–Crippen LogP) is 0.998. The molecule has 3 N–H and O–H groups in total. The first-order valence-corrected chi connectivity index (χ1v) is 5.14. The lowest BCUT2D eigenvalue weighted by Crippen LogP contribution is -2.27. The van der Waals surface area contributed by atoms with Gasteiger partial charge in [0.15, 0.2) is 0 Å². The fourth-order valence-electron chi connectivity index (χ4n) is 1.28. The van der Waals surface area contributed by atoms with Crippen molar-refractivity contribution in [1.82, 2.24) is 10.3 Å². The summed E-state index contributed by atoms with van der Waals surface area (Å²) in [6, 6.07) is 5.61. The maximum atomic E-state index is 11.4. The quantitative estimate of drug-likeness (QED) is 0.756. The first-order valence-electron chi connectivity index (χ1n) is 5.14. The van der Waals surface area contributed by atoms with Gasteiger partial charge in [-0.25, -0.2) is 0 Å². The molecule has 4 nitrogen and oxygen atoms in total. The number of amides is 1. The van der Waals surface area contributed by atoms with Crippen LogP contribution in [-0.4, -0.2) is 17.4 Å². The Kier molecular flexibility index (Phi) is 4.77. The lowest BCUT2D eigenvalue weighted by Gasteiger charge is -2.12. The van der Waals surface area contributed by atoms with Crippen molar-refractivity contribution in [3.63, 3.8) is 0 Å². The highest BCUT2D eigenvalue weighted by Crippen LogP contribution is 2.07. The fraction of sp³-hybridized carbons (Fsp3) is 0.455. The van der Waals surface area contributed by atoms with Gasteiger partial charge in [-0.15, -0.1) is 0 Å². The van der Waals surface area contributed by atoms with Gasteiger partial charge in [-0.05, 0) is 32.0 Å². The summed E-state index contributed by atoms with van der Waals surface area (Å²) in [4.78, 5) is 15.6. The van der Waals surface area contributed by atoms with Crippen molar-refractivity contribution < 1.29 is 4.79 Å². The minimum Gasteiger partial charge on any atom is -0.348 e. The zero-order chi connectivity index (χ0) is 11.1. The Hall–Kier alpha value is -1.42. The Labute approximate surface area is 89.9 Å². The van der Waals surface area contributed by atoms with Crippen molar-refractivity contribution in [3.05, 3.63) is 30.1 Å². The van der Waals surface area contributed by atoms with Crippen molar-refractivity contribution in [2.24, 2.45) is 5.73 Å². The van der Waals surface area contributed by atoms with E-state index in [4.69, 9.17) is 5.73 Å². The molecule has 0 saturated heterocycles. The van der Waals surface area contributed by atoms with E-state index in [1.807, 2.05) is 25.1 Å². The Balaban J connectivity index is 2.42. The molecule has 0 fully saturated rings. The third-order valence-corrected chi connectivity index (χ3v) is 2.12. The molecule has 0 aliphatic rings. The summed E-state index contributed by atoms with van der Waals surface area (Å²) >= 11 is 0. The fourth-order valence-corrected chi connectivity index (χ4v) is 1.28. The molecule has 0 aliphatic carbocycles. The van der Waals surface area contributed by atoms with Crippen LogP contribution < -0.4 is 11.1 Å². The number of nitrogens with zero attached hydrogens (tertiary/aromatic N) is 1. The van der Waals surface area contributed by atoms with Crippen molar-refractivity contribution in [3.8, 4) is 0 Å². The summed E-state index contributed by atoms with van der Waals surface area (Å²) in [6.07, 6.45) is 2.92. The van der Waals surface area contributed by atoms with E-state index in [2.05, 4.69) is 10.3 Å². The average molecular weight is 207 g/mol. The number of hydrogen-bond acceptors (Lipinski definition) is 3. The Bertz CT molecular complexity index is 300. The zero-order valence-corrected chi connectivity index (χ0v) is 8.94. The maximum Gasteiger partial charge on any atom is 0.220 e. The maximum absolute atomic E-state index is 11.4. The zero-order valence-electron chi connectivity index (χ0n) is 8.94. The minimum atomic E-state index is -0.0449. The Morgan fingerprint density at radius 3 is 3.00 bits per heavy atom. The molecule has 1 aromatic rings. The van der Waals surface area contributed by atoms with Crippen LogP contribution in [0.15, 0.2) is 24.4 Å². The molecule has 0 spiro atoms. The first kappa shape index (κ1) is 11.7. The van der Waals surface area contributed by atoms with Crippen molar-refractivity contribution in [2.75, 3.05) is 6.54 Å². The molecule has 0 aliphatic heterocycles. The molecule has 0 unspecified atom stereocenters. The molecule has 1 aromatic heterocycles. The molecule has 82 valence electrons. The topological polar surface area (TPSA) is 68.0 Å². The molecule has 1 rings (SSSR count). The van der Waals surface area contributed by atoms with Gasteiger partial charge < -0.3 is 11.1 Å². The van der Waals surface area contributed by atoms with Crippen LogP contribution in [0.3, 0.4) is 0 Å². The average Bonchev–Trinajstić information content (AvgIpc) is 2.27. The van der Waals surface area contributed by atoms with Crippen LogP contribution >= 0.6 is 0 Å². The summed E-state index contributed by atoms with van der Waals surface area (Å²) in [5.74, 6) is 0.0265. The number of rotatable bonds is 5. The summed E-state index contributed by atoms with van der Waals surface area (Å²) in [6.45, 7) is 2.47. The summed E-state index contributed by atoms with van der Waals surface area (Å²) < 4.78 is 0. The van der Waals surface area contributed by atoms with Gasteiger partial charge in [0.2, 0.25) is 5.91 Å². The monoisotopic (exact) mass is 207 g/mol. The smallest absolute Gasteiger partial charge is 0.220 e. The lowest BCUT2D eigenvalue weighted by atomic mass is 10.2. The molecule has 4 heteroatoms. The number of aromatic nitrogens is 1. The number of carbonyl (C=O) groups excluding carboxylic acids is 1. The molecule has 0 aromatic carbocycles. The van der Waals surface area contributed by atoms with Gasteiger partial charge in [-0.2, -0.15) is 0 Å². The highest BCUT2D eigenvalue weighted by atomic mass is 16.1. The van der Waals surface area contributed by atoms with Crippen LogP contribution in [0.5, 0.6) is 0 Å². The SMILES string of the molecule is C[C@@H](NC(=O)CCCN)c1ccccn1. The first-order chi connectivity index (χ1) is 7.24. The Morgan fingerprint density at radius 2 is 2.40 bits per heavy atom. The van der Waals surface area contributed by atoms with Gasteiger partial charge in [0, 0.05) is 12.6 Å².